The summed E-state index contributed by atoms with van der Waals surface area (Å²) in [6.45, 7) is 0. The summed E-state index contributed by atoms with van der Waals surface area (Å²) in [7, 11) is -4.64. The molecular formula is H6NaO5PV. The number of phosphoric acid groups is 1. The van der Waals surface area contributed by atoms with E-state index in [9.17, 15) is 0 Å². The van der Waals surface area contributed by atoms with Crippen LogP contribution in [0.2, 0.25) is 0 Å². The van der Waals surface area contributed by atoms with Gasteiger partial charge in [-0.1, -0.05) is 0 Å². The molecule has 0 aromatic rings. The first kappa shape index (κ1) is 22.6. The molecule has 0 aliphatic rings. The predicted molar refractivity (Wildman–Crippen MR) is 19.0 cm³/mol. The molecule has 47 valence electrons. The van der Waals surface area contributed by atoms with Crippen LogP contribution in [0.4, 0.5) is 0 Å². The van der Waals surface area contributed by atoms with E-state index in [2.05, 4.69) is 0 Å². The van der Waals surface area contributed by atoms with Gasteiger partial charge in [-0.2, -0.15) is 0 Å². The van der Waals surface area contributed by atoms with E-state index < -0.39 is 7.82 Å². The van der Waals surface area contributed by atoms with E-state index in [1.165, 1.54) is 0 Å². The topological polar surface area (TPSA) is 109 Å². The molecule has 0 saturated carbocycles. The fourth-order valence-corrected chi connectivity index (χ4v) is 0. The summed E-state index contributed by atoms with van der Waals surface area (Å²) < 4.78 is 8.88. The van der Waals surface area contributed by atoms with Crippen molar-refractivity contribution in [2.75, 3.05) is 0 Å². The standard InChI is InChI=1S/Na.H3O4P.H2O.V.H/c;1-5(2,3)4;;;/h;(H3,1,2,3,4);1H2;;/q+1;;;;-1. The van der Waals surface area contributed by atoms with Crippen molar-refractivity contribution >= 4 is 7.82 Å². The summed E-state index contributed by atoms with van der Waals surface area (Å²) in [4.78, 5) is 21.6. The van der Waals surface area contributed by atoms with E-state index in [0.717, 1.165) is 0 Å². The van der Waals surface area contributed by atoms with E-state index in [4.69, 9.17) is 19.2 Å². The normalized spacial score (nSPS) is 7.38. The van der Waals surface area contributed by atoms with Crippen LogP contribution in [0.3, 0.4) is 0 Å². The molecule has 0 aromatic heterocycles. The quantitative estimate of drug-likeness (QED) is 0.264. The first-order valence-corrected chi connectivity index (χ1v) is 2.35. The summed E-state index contributed by atoms with van der Waals surface area (Å²) in [5.41, 5.74) is 0. The fourth-order valence-electron chi connectivity index (χ4n) is 0. The molecule has 0 heterocycles. The molecule has 8 heavy (non-hydrogen) atoms. The zero-order valence-corrected chi connectivity index (χ0v) is 8.44. The van der Waals surface area contributed by atoms with Gasteiger partial charge < -0.3 is 21.6 Å². The third-order valence-electron chi connectivity index (χ3n) is 0. The SMILES string of the molecule is O.O=P(O)(O)O.[H-].[Na+].[V]. The van der Waals surface area contributed by atoms with Crippen LogP contribution in [0.25, 0.3) is 0 Å². The maximum Gasteiger partial charge on any atom is 1.00 e. The van der Waals surface area contributed by atoms with Gasteiger partial charge in [0.25, 0.3) is 0 Å². The molecular weight excluding hydrogens is 185 g/mol. The van der Waals surface area contributed by atoms with Crippen molar-refractivity contribution in [1.82, 2.24) is 0 Å². The van der Waals surface area contributed by atoms with Gasteiger partial charge in [0, 0.05) is 18.6 Å². The van der Waals surface area contributed by atoms with Gasteiger partial charge in [0.2, 0.25) is 0 Å². The molecule has 5 N–H and O–H groups in total. The minimum atomic E-state index is -4.64. The molecule has 0 unspecified atom stereocenters. The Hall–Kier alpha value is 1.65. The van der Waals surface area contributed by atoms with Crippen molar-refractivity contribution in [3.63, 3.8) is 0 Å². The number of rotatable bonds is 0. The maximum atomic E-state index is 8.88. The molecule has 0 atom stereocenters. The van der Waals surface area contributed by atoms with Crippen LogP contribution in [-0.2, 0) is 23.1 Å². The molecule has 8 heteroatoms. The van der Waals surface area contributed by atoms with E-state index in [1.807, 2.05) is 0 Å². The zero-order valence-electron chi connectivity index (χ0n) is 5.14. The molecule has 0 spiro atoms. The molecule has 5 nitrogen and oxygen atoms in total. The number of hydrogen-bond donors (Lipinski definition) is 3. The Morgan fingerprint density at radius 1 is 1.25 bits per heavy atom. The minimum Gasteiger partial charge on any atom is -1.00 e. The zero-order chi connectivity index (χ0) is 4.50. The van der Waals surface area contributed by atoms with Gasteiger partial charge in [-0.05, 0) is 0 Å². The Morgan fingerprint density at radius 3 is 1.25 bits per heavy atom. The maximum absolute atomic E-state index is 8.88. The molecule has 0 aliphatic carbocycles. The number of hydrogen-bond acceptors (Lipinski definition) is 1. The molecule has 0 aromatic carbocycles. The van der Waals surface area contributed by atoms with Crippen molar-refractivity contribution in [2.45, 2.75) is 0 Å². The molecule has 0 aliphatic heterocycles. The average molecular weight is 191 g/mol. The van der Waals surface area contributed by atoms with Gasteiger partial charge >= 0.3 is 37.4 Å². The van der Waals surface area contributed by atoms with Gasteiger partial charge in [0.1, 0.15) is 0 Å². The second-order valence-corrected chi connectivity index (χ2v) is 1.54. The molecule has 0 saturated heterocycles. The van der Waals surface area contributed by atoms with Crippen molar-refractivity contribution in [1.29, 1.82) is 0 Å². The van der Waals surface area contributed by atoms with Gasteiger partial charge in [-0.25, -0.2) is 4.57 Å². The van der Waals surface area contributed by atoms with Crippen molar-refractivity contribution in [2.24, 2.45) is 0 Å². The Bertz CT molecular complexity index is 63.1. The Kier molecular flexibility index (Phi) is 24.5. The third kappa shape index (κ3) is 124. The first-order valence-electron chi connectivity index (χ1n) is 0.783. The molecule has 0 rings (SSSR count). The van der Waals surface area contributed by atoms with Crippen LogP contribution in [-0.4, -0.2) is 20.2 Å². The average Bonchev–Trinajstić information content (AvgIpc) is 0.722. The van der Waals surface area contributed by atoms with Gasteiger partial charge in [0.15, 0.2) is 0 Å². The smallest absolute Gasteiger partial charge is 1.00 e. The molecule has 0 bridgehead atoms. The molecule has 1 radical (unpaired) electrons. The first-order chi connectivity index (χ1) is 2.00. The summed E-state index contributed by atoms with van der Waals surface area (Å²) in [5.74, 6) is 0. The van der Waals surface area contributed by atoms with Crippen molar-refractivity contribution in [3.05, 3.63) is 0 Å². The largest absolute Gasteiger partial charge is 1.00 e. The van der Waals surface area contributed by atoms with Crippen molar-refractivity contribution in [3.8, 4) is 0 Å². The summed E-state index contributed by atoms with van der Waals surface area (Å²) >= 11 is 0. The van der Waals surface area contributed by atoms with Crippen LogP contribution in [0.1, 0.15) is 1.43 Å². The Morgan fingerprint density at radius 2 is 1.25 bits per heavy atom. The van der Waals surface area contributed by atoms with E-state index >= 15 is 0 Å². The van der Waals surface area contributed by atoms with Crippen LogP contribution in [0.15, 0.2) is 0 Å². The molecule has 0 fully saturated rings. The summed E-state index contributed by atoms with van der Waals surface area (Å²) in [5, 5.41) is 0. The van der Waals surface area contributed by atoms with Crippen LogP contribution in [0, 0.1) is 0 Å². The van der Waals surface area contributed by atoms with Gasteiger partial charge in [-0.15, -0.1) is 0 Å². The van der Waals surface area contributed by atoms with E-state index in [-0.39, 0.29) is 55.0 Å². The van der Waals surface area contributed by atoms with Gasteiger partial charge in [-0.3, -0.25) is 0 Å². The summed E-state index contributed by atoms with van der Waals surface area (Å²) in [6.07, 6.45) is 0. The predicted octanol–water partition coefficient (Wildman–Crippen LogP) is -4.64. The third-order valence-corrected chi connectivity index (χ3v) is 0. The van der Waals surface area contributed by atoms with Gasteiger partial charge in [0.05, 0.1) is 0 Å². The molecule has 0 amide bonds. The van der Waals surface area contributed by atoms with Crippen LogP contribution in [0.5, 0.6) is 0 Å². The fraction of sp³-hybridized carbons (Fsp3) is 0. The monoisotopic (exact) mass is 191 g/mol. The van der Waals surface area contributed by atoms with Crippen LogP contribution >= 0.6 is 7.82 Å². The van der Waals surface area contributed by atoms with Crippen LogP contribution < -0.4 is 29.6 Å². The minimum absolute atomic E-state index is 0. The Labute approximate surface area is 81.7 Å². The summed E-state index contributed by atoms with van der Waals surface area (Å²) in [6, 6.07) is 0. The second-order valence-electron chi connectivity index (χ2n) is 0.513. The second kappa shape index (κ2) is 8.65. The van der Waals surface area contributed by atoms with Crippen molar-refractivity contribution < 1.29 is 74.3 Å². The van der Waals surface area contributed by atoms with E-state index in [0.29, 0.717) is 0 Å². The van der Waals surface area contributed by atoms with E-state index in [1.54, 1.807) is 0 Å². The Balaban J connectivity index is -0.0000000133.